The van der Waals surface area contributed by atoms with E-state index in [2.05, 4.69) is 36.3 Å². The lowest BCUT2D eigenvalue weighted by molar-refractivity contribution is 0.831. The van der Waals surface area contributed by atoms with Crippen LogP contribution in [0.3, 0.4) is 0 Å². The molecule has 0 aliphatic heterocycles. The van der Waals surface area contributed by atoms with Crippen LogP contribution in [0.4, 0.5) is 0 Å². The summed E-state index contributed by atoms with van der Waals surface area (Å²) in [6.07, 6.45) is 4.25. The van der Waals surface area contributed by atoms with Crippen LogP contribution in [0.1, 0.15) is 24.6 Å². The van der Waals surface area contributed by atoms with Crippen LogP contribution in [0, 0.1) is 0 Å². The standard InChI is InChI=1S/C13H17N3/c1-2-3-11-4-6-13(7-5-11)16-9-8-12(10-14)15-16/h4-9H,2-3,10,14H2,1H3. The SMILES string of the molecule is CCCc1ccc(-n2ccc(CN)n2)cc1. The van der Waals surface area contributed by atoms with Crippen molar-refractivity contribution >= 4 is 0 Å². The maximum Gasteiger partial charge on any atom is 0.0764 e. The van der Waals surface area contributed by atoms with Crippen LogP contribution in [-0.2, 0) is 13.0 Å². The van der Waals surface area contributed by atoms with E-state index >= 15 is 0 Å². The zero-order valence-corrected chi connectivity index (χ0v) is 9.56. The van der Waals surface area contributed by atoms with Crippen molar-refractivity contribution in [1.82, 2.24) is 9.78 Å². The second-order valence-electron chi connectivity index (χ2n) is 3.87. The van der Waals surface area contributed by atoms with E-state index < -0.39 is 0 Å². The second kappa shape index (κ2) is 4.94. The third-order valence-corrected chi connectivity index (χ3v) is 2.59. The van der Waals surface area contributed by atoms with Gasteiger partial charge in [-0.15, -0.1) is 0 Å². The fourth-order valence-electron chi connectivity index (χ4n) is 1.72. The van der Waals surface area contributed by atoms with Gasteiger partial charge < -0.3 is 5.73 Å². The van der Waals surface area contributed by atoms with E-state index in [9.17, 15) is 0 Å². The highest BCUT2D eigenvalue weighted by atomic mass is 15.3. The van der Waals surface area contributed by atoms with Crippen molar-refractivity contribution in [3.8, 4) is 5.69 Å². The number of nitrogens with two attached hydrogens (primary N) is 1. The summed E-state index contributed by atoms with van der Waals surface area (Å²) >= 11 is 0. The van der Waals surface area contributed by atoms with Crippen molar-refractivity contribution in [2.75, 3.05) is 0 Å². The number of aromatic nitrogens is 2. The van der Waals surface area contributed by atoms with Gasteiger partial charge in [-0.25, -0.2) is 4.68 Å². The van der Waals surface area contributed by atoms with Crippen LogP contribution in [0.2, 0.25) is 0 Å². The van der Waals surface area contributed by atoms with Crippen molar-refractivity contribution in [2.24, 2.45) is 5.73 Å². The molecular formula is C13H17N3. The third-order valence-electron chi connectivity index (χ3n) is 2.59. The first-order chi connectivity index (χ1) is 7.83. The topological polar surface area (TPSA) is 43.8 Å². The van der Waals surface area contributed by atoms with Gasteiger partial charge >= 0.3 is 0 Å². The Hall–Kier alpha value is -1.61. The van der Waals surface area contributed by atoms with E-state index in [0.717, 1.165) is 17.8 Å². The summed E-state index contributed by atoms with van der Waals surface area (Å²) in [6.45, 7) is 2.68. The Bertz CT molecular complexity index is 442. The molecule has 1 aromatic carbocycles. The van der Waals surface area contributed by atoms with Gasteiger partial charge in [0.25, 0.3) is 0 Å². The monoisotopic (exact) mass is 215 g/mol. The van der Waals surface area contributed by atoms with Crippen LogP contribution in [0.5, 0.6) is 0 Å². The molecule has 0 atom stereocenters. The largest absolute Gasteiger partial charge is 0.325 e. The molecule has 84 valence electrons. The van der Waals surface area contributed by atoms with Gasteiger partial charge in [-0.05, 0) is 30.2 Å². The number of hydrogen-bond donors (Lipinski definition) is 1. The molecular weight excluding hydrogens is 198 g/mol. The van der Waals surface area contributed by atoms with E-state index in [1.54, 1.807) is 0 Å². The number of nitrogens with zero attached hydrogens (tertiary/aromatic N) is 2. The van der Waals surface area contributed by atoms with Gasteiger partial charge in [-0.3, -0.25) is 0 Å². The van der Waals surface area contributed by atoms with E-state index in [-0.39, 0.29) is 0 Å². The summed E-state index contributed by atoms with van der Waals surface area (Å²) in [4.78, 5) is 0. The molecule has 0 saturated carbocycles. The predicted molar refractivity (Wildman–Crippen MR) is 65.5 cm³/mol. The highest BCUT2D eigenvalue weighted by Gasteiger charge is 1.99. The van der Waals surface area contributed by atoms with Gasteiger partial charge in [0.2, 0.25) is 0 Å². The molecule has 0 fully saturated rings. The Balaban J connectivity index is 2.20. The molecule has 3 nitrogen and oxygen atoms in total. The first-order valence-corrected chi connectivity index (χ1v) is 5.67. The summed E-state index contributed by atoms with van der Waals surface area (Å²) in [5.74, 6) is 0. The van der Waals surface area contributed by atoms with Crippen molar-refractivity contribution in [3.05, 3.63) is 47.8 Å². The quantitative estimate of drug-likeness (QED) is 0.850. The third kappa shape index (κ3) is 2.31. The Morgan fingerprint density at radius 2 is 1.94 bits per heavy atom. The smallest absolute Gasteiger partial charge is 0.0764 e. The molecule has 1 aromatic heterocycles. The molecule has 0 bridgehead atoms. The number of hydrogen-bond acceptors (Lipinski definition) is 2. The normalized spacial score (nSPS) is 10.6. The number of aryl methyl sites for hydroxylation is 1. The van der Waals surface area contributed by atoms with Crippen LogP contribution in [0.15, 0.2) is 36.5 Å². The molecule has 0 unspecified atom stereocenters. The molecule has 0 aliphatic rings. The van der Waals surface area contributed by atoms with Gasteiger partial charge in [0.15, 0.2) is 0 Å². The zero-order valence-electron chi connectivity index (χ0n) is 9.56. The lowest BCUT2D eigenvalue weighted by Gasteiger charge is -2.03. The maximum atomic E-state index is 5.53. The number of rotatable bonds is 4. The van der Waals surface area contributed by atoms with E-state index in [1.807, 2.05) is 16.9 Å². The second-order valence-corrected chi connectivity index (χ2v) is 3.87. The van der Waals surface area contributed by atoms with Crippen LogP contribution in [-0.4, -0.2) is 9.78 Å². The Morgan fingerprint density at radius 3 is 2.50 bits per heavy atom. The lowest BCUT2D eigenvalue weighted by Crippen LogP contribution is -2.00. The van der Waals surface area contributed by atoms with Crippen LogP contribution < -0.4 is 5.73 Å². The molecule has 0 spiro atoms. The number of benzene rings is 1. The minimum Gasteiger partial charge on any atom is -0.325 e. The Labute approximate surface area is 95.9 Å². The molecule has 2 N–H and O–H groups in total. The first-order valence-electron chi connectivity index (χ1n) is 5.67. The molecule has 1 heterocycles. The summed E-state index contributed by atoms with van der Waals surface area (Å²) in [5, 5.41) is 4.37. The summed E-state index contributed by atoms with van der Waals surface area (Å²) in [7, 11) is 0. The summed E-state index contributed by atoms with van der Waals surface area (Å²) < 4.78 is 1.86. The zero-order chi connectivity index (χ0) is 11.4. The van der Waals surface area contributed by atoms with E-state index in [0.29, 0.717) is 6.54 Å². The molecule has 0 aliphatic carbocycles. The van der Waals surface area contributed by atoms with Crippen molar-refractivity contribution in [2.45, 2.75) is 26.3 Å². The average Bonchev–Trinajstić information content (AvgIpc) is 2.79. The Kier molecular flexibility index (Phi) is 3.37. The highest BCUT2D eigenvalue weighted by molar-refractivity contribution is 5.34. The highest BCUT2D eigenvalue weighted by Crippen LogP contribution is 2.10. The van der Waals surface area contributed by atoms with E-state index in [1.165, 1.54) is 12.0 Å². The molecule has 3 heteroatoms. The van der Waals surface area contributed by atoms with Crippen LogP contribution >= 0.6 is 0 Å². The van der Waals surface area contributed by atoms with Crippen molar-refractivity contribution < 1.29 is 0 Å². The molecule has 0 radical (unpaired) electrons. The molecule has 2 rings (SSSR count). The van der Waals surface area contributed by atoms with E-state index in [4.69, 9.17) is 5.73 Å². The van der Waals surface area contributed by atoms with Gasteiger partial charge in [-0.2, -0.15) is 5.10 Å². The maximum absolute atomic E-state index is 5.53. The van der Waals surface area contributed by atoms with Crippen molar-refractivity contribution in [3.63, 3.8) is 0 Å². The first kappa shape index (κ1) is 10.9. The van der Waals surface area contributed by atoms with Gasteiger partial charge in [0, 0.05) is 12.7 Å². The summed E-state index contributed by atoms with van der Waals surface area (Å²) in [5.41, 5.74) is 8.90. The lowest BCUT2D eigenvalue weighted by atomic mass is 10.1. The fourth-order valence-corrected chi connectivity index (χ4v) is 1.72. The molecule has 0 saturated heterocycles. The average molecular weight is 215 g/mol. The summed E-state index contributed by atoms with van der Waals surface area (Å²) in [6, 6.07) is 10.4. The predicted octanol–water partition coefficient (Wildman–Crippen LogP) is 2.28. The minimum absolute atomic E-state index is 0.487. The van der Waals surface area contributed by atoms with Gasteiger partial charge in [0.1, 0.15) is 0 Å². The Morgan fingerprint density at radius 1 is 1.19 bits per heavy atom. The minimum atomic E-state index is 0.487. The van der Waals surface area contributed by atoms with Crippen molar-refractivity contribution in [1.29, 1.82) is 0 Å². The molecule has 16 heavy (non-hydrogen) atoms. The van der Waals surface area contributed by atoms with Crippen LogP contribution in [0.25, 0.3) is 5.69 Å². The fraction of sp³-hybridized carbons (Fsp3) is 0.308. The molecule has 2 aromatic rings. The molecule has 0 amide bonds. The van der Waals surface area contributed by atoms with Gasteiger partial charge in [-0.1, -0.05) is 25.5 Å². The van der Waals surface area contributed by atoms with Gasteiger partial charge in [0.05, 0.1) is 11.4 Å².